The molecule has 0 radical (unpaired) electrons. The van der Waals surface area contributed by atoms with Crippen LogP contribution in [0.3, 0.4) is 0 Å². The third-order valence-electron chi connectivity index (χ3n) is 1.51. The molecule has 8 heteroatoms. The van der Waals surface area contributed by atoms with E-state index in [1.807, 2.05) is 0 Å². The number of hydrogen-bond acceptors (Lipinski definition) is 4. The van der Waals surface area contributed by atoms with Crippen LogP contribution in [0.1, 0.15) is 5.69 Å². The Hall–Kier alpha value is -0.720. The van der Waals surface area contributed by atoms with E-state index in [2.05, 4.69) is 9.97 Å². The zero-order valence-corrected chi connectivity index (χ0v) is 8.89. The minimum Gasteiger partial charge on any atom is -0.355 e. The lowest BCUT2D eigenvalue weighted by atomic mass is 10.5. The monoisotopic (exact) mass is 236 g/mol. The molecule has 1 heterocycles. The average molecular weight is 236 g/mol. The highest BCUT2D eigenvalue weighted by molar-refractivity contribution is 7.51. The molecule has 0 aliphatic rings. The molecule has 0 atom stereocenters. The third-order valence-corrected chi connectivity index (χ3v) is 2.27. The van der Waals surface area contributed by atoms with Crippen LogP contribution in [0.15, 0.2) is 12.5 Å². The van der Waals surface area contributed by atoms with E-state index in [9.17, 15) is 4.57 Å². The first-order chi connectivity index (χ1) is 7.08. The summed E-state index contributed by atoms with van der Waals surface area (Å²) in [6.45, 7) is 0.308. The molecule has 86 valence electrons. The van der Waals surface area contributed by atoms with E-state index < -0.39 is 7.60 Å². The van der Waals surface area contributed by atoms with Gasteiger partial charge in [0.25, 0.3) is 0 Å². The van der Waals surface area contributed by atoms with Crippen molar-refractivity contribution < 1.29 is 23.8 Å². The van der Waals surface area contributed by atoms with Gasteiger partial charge in [-0.05, 0) is 0 Å². The normalized spacial score (nSPS) is 11.9. The second-order valence-corrected chi connectivity index (χ2v) is 4.62. The molecule has 15 heavy (non-hydrogen) atoms. The molecular weight excluding hydrogens is 223 g/mol. The van der Waals surface area contributed by atoms with Crippen LogP contribution in [0, 0.1) is 0 Å². The van der Waals surface area contributed by atoms with Crippen LogP contribution < -0.4 is 0 Å². The van der Waals surface area contributed by atoms with Crippen LogP contribution in [0.25, 0.3) is 0 Å². The van der Waals surface area contributed by atoms with Crippen LogP contribution in [0.5, 0.6) is 0 Å². The summed E-state index contributed by atoms with van der Waals surface area (Å²) in [4.78, 5) is 23.6. The number of aromatic amines is 1. The van der Waals surface area contributed by atoms with Gasteiger partial charge in [-0.1, -0.05) is 0 Å². The third kappa shape index (κ3) is 6.38. The first kappa shape index (κ1) is 12.4. The van der Waals surface area contributed by atoms with E-state index in [4.69, 9.17) is 19.3 Å². The van der Waals surface area contributed by atoms with E-state index in [1.54, 1.807) is 6.20 Å². The van der Waals surface area contributed by atoms with E-state index >= 15 is 0 Å². The van der Waals surface area contributed by atoms with Crippen LogP contribution >= 0.6 is 7.60 Å². The molecule has 0 unspecified atom stereocenters. The van der Waals surface area contributed by atoms with Crippen molar-refractivity contribution in [2.75, 3.05) is 19.6 Å². The predicted octanol–water partition coefficient (Wildman–Crippen LogP) is 0.0781. The number of ether oxygens (including phenoxy) is 2. The van der Waals surface area contributed by atoms with Gasteiger partial charge in [0.2, 0.25) is 0 Å². The Morgan fingerprint density at radius 2 is 2.27 bits per heavy atom. The maximum atomic E-state index is 10.4. The summed E-state index contributed by atoms with van der Waals surface area (Å²) in [7, 11) is -3.96. The van der Waals surface area contributed by atoms with Crippen molar-refractivity contribution in [2.24, 2.45) is 0 Å². The van der Waals surface area contributed by atoms with Gasteiger partial charge in [-0.3, -0.25) is 4.57 Å². The van der Waals surface area contributed by atoms with Gasteiger partial charge in [-0.2, -0.15) is 0 Å². The second kappa shape index (κ2) is 5.99. The van der Waals surface area contributed by atoms with Gasteiger partial charge in [0, 0.05) is 0 Å². The Bertz CT molecular complexity index is 309. The number of rotatable bonds is 7. The predicted molar refractivity (Wildman–Crippen MR) is 51.1 cm³/mol. The molecule has 1 aromatic heterocycles. The molecule has 7 nitrogen and oxygen atoms in total. The molecule has 1 rings (SSSR count). The Balaban J connectivity index is 1.96. The lowest BCUT2D eigenvalue weighted by Gasteiger charge is -2.05. The SMILES string of the molecule is O=P(O)(O)CCOCOCc1cnc[nH]1. The molecule has 0 spiro atoms. The summed E-state index contributed by atoms with van der Waals surface area (Å²) in [6, 6.07) is 0. The molecular formula is C7H13N2O5P. The maximum absolute atomic E-state index is 10.4. The Labute approximate surface area is 86.6 Å². The summed E-state index contributed by atoms with van der Waals surface area (Å²) >= 11 is 0. The highest BCUT2D eigenvalue weighted by atomic mass is 31.2. The molecule has 0 aliphatic carbocycles. The average Bonchev–Trinajstić information content (AvgIpc) is 2.61. The number of aromatic nitrogens is 2. The van der Waals surface area contributed by atoms with Gasteiger partial charge in [-0.25, -0.2) is 4.98 Å². The molecule has 1 aromatic rings. The standard InChI is InChI=1S/C7H13N2O5P/c10-15(11,12)2-1-13-6-14-4-7-3-8-5-9-7/h3,5H,1-2,4,6H2,(H,8,9)(H2,10,11,12). The molecule has 3 N–H and O–H groups in total. The molecule has 0 saturated heterocycles. The summed E-state index contributed by atoms with van der Waals surface area (Å²) in [6.07, 6.45) is 2.86. The molecule has 0 saturated carbocycles. The van der Waals surface area contributed by atoms with Crippen molar-refractivity contribution in [1.29, 1.82) is 0 Å². The largest absolute Gasteiger partial charge is 0.355 e. The van der Waals surface area contributed by atoms with Crippen LogP contribution in [-0.2, 0) is 20.6 Å². The van der Waals surface area contributed by atoms with Crippen LogP contribution in [0.2, 0.25) is 0 Å². The first-order valence-corrected chi connectivity index (χ1v) is 6.05. The number of nitrogens with one attached hydrogen (secondary N) is 1. The zero-order chi connectivity index (χ0) is 11.1. The minimum absolute atomic E-state index is 0.000972. The zero-order valence-electron chi connectivity index (χ0n) is 8.00. The molecule has 0 fully saturated rings. The number of hydrogen-bond donors (Lipinski definition) is 3. The number of H-pyrrole nitrogens is 1. The maximum Gasteiger partial charge on any atom is 0.327 e. The van der Waals surface area contributed by atoms with Crippen molar-refractivity contribution in [3.05, 3.63) is 18.2 Å². The minimum atomic E-state index is -3.96. The van der Waals surface area contributed by atoms with E-state index in [0.717, 1.165) is 5.69 Å². The Kier molecular flexibility index (Phi) is 4.93. The lowest BCUT2D eigenvalue weighted by molar-refractivity contribution is -0.0579. The fraction of sp³-hybridized carbons (Fsp3) is 0.571. The van der Waals surface area contributed by atoms with Crippen molar-refractivity contribution in [3.8, 4) is 0 Å². The van der Waals surface area contributed by atoms with Crippen LogP contribution in [0.4, 0.5) is 0 Å². The summed E-state index contributed by atoms with van der Waals surface area (Å²) in [5, 5.41) is 0. The first-order valence-electron chi connectivity index (χ1n) is 4.25. The van der Waals surface area contributed by atoms with Gasteiger partial charge in [-0.15, -0.1) is 0 Å². The molecule has 0 aromatic carbocycles. The van der Waals surface area contributed by atoms with Crippen molar-refractivity contribution >= 4 is 7.60 Å². The van der Waals surface area contributed by atoms with E-state index in [-0.39, 0.29) is 19.6 Å². The quantitative estimate of drug-likeness (QED) is 0.351. The molecule has 0 aliphatic heterocycles. The van der Waals surface area contributed by atoms with E-state index in [1.165, 1.54) is 6.33 Å². The van der Waals surface area contributed by atoms with Crippen molar-refractivity contribution in [3.63, 3.8) is 0 Å². The van der Waals surface area contributed by atoms with Crippen LogP contribution in [-0.4, -0.2) is 39.3 Å². The van der Waals surface area contributed by atoms with Crippen molar-refractivity contribution in [2.45, 2.75) is 6.61 Å². The second-order valence-electron chi connectivity index (χ2n) is 2.84. The highest BCUT2D eigenvalue weighted by Crippen LogP contribution is 2.33. The summed E-state index contributed by atoms with van der Waals surface area (Å²) in [5.41, 5.74) is 0.814. The fourth-order valence-corrected chi connectivity index (χ4v) is 1.18. The van der Waals surface area contributed by atoms with E-state index in [0.29, 0.717) is 6.61 Å². The van der Waals surface area contributed by atoms with Gasteiger partial charge in [0.1, 0.15) is 6.79 Å². The van der Waals surface area contributed by atoms with Crippen molar-refractivity contribution in [1.82, 2.24) is 9.97 Å². The molecule has 0 bridgehead atoms. The van der Waals surface area contributed by atoms with Gasteiger partial charge in [0.15, 0.2) is 0 Å². The smallest absolute Gasteiger partial charge is 0.327 e. The van der Waals surface area contributed by atoms with Gasteiger partial charge in [0.05, 0.1) is 37.6 Å². The highest BCUT2D eigenvalue weighted by Gasteiger charge is 2.11. The molecule has 0 amide bonds. The Morgan fingerprint density at radius 3 is 2.87 bits per heavy atom. The van der Waals surface area contributed by atoms with Gasteiger partial charge < -0.3 is 24.2 Å². The topological polar surface area (TPSA) is 105 Å². The Morgan fingerprint density at radius 1 is 1.47 bits per heavy atom. The number of imidazole rings is 1. The van der Waals surface area contributed by atoms with Gasteiger partial charge >= 0.3 is 7.60 Å². The summed E-state index contributed by atoms with van der Waals surface area (Å²) < 4.78 is 20.3. The fourth-order valence-electron chi connectivity index (χ4n) is 0.817. The number of nitrogens with zero attached hydrogens (tertiary/aromatic N) is 1. The lowest BCUT2D eigenvalue weighted by Crippen LogP contribution is -2.05. The summed E-state index contributed by atoms with van der Waals surface area (Å²) in [5.74, 6) is 0.